The minimum atomic E-state index is -5.78. The Morgan fingerprint density at radius 3 is 2.56 bits per heavy atom. The van der Waals surface area contributed by atoms with Gasteiger partial charge in [0, 0.05) is 6.07 Å². The molecule has 0 aliphatic rings. The summed E-state index contributed by atoms with van der Waals surface area (Å²) in [4.78, 5) is 0. The van der Waals surface area contributed by atoms with Crippen molar-refractivity contribution in [3.8, 4) is 5.88 Å². The molecule has 10 heteroatoms. The summed E-state index contributed by atoms with van der Waals surface area (Å²) in [7, 11) is -5.78. The van der Waals surface area contributed by atoms with Crippen LogP contribution in [0, 0.1) is 5.82 Å². The second-order valence-corrected chi connectivity index (χ2v) is 4.72. The van der Waals surface area contributed by atoms with Gasteiger partial charge < -0.3 is 4.18 Å². The standard InChI is InChI=1S/C8H4F4N2O3S/c9-5-1-2-6-3-7(13-14(6)4-5)17-18(15,16)8(10,11)12/h1-4H. The number of rotatable bonds is 2. The van der Waals surface area contributed by atoms with Crippen molar-refractivity contribution >= 4 is 15.6 Å². The fourth-order valence-electron chi connectivity index (χ4n) is 1.14. The summed E-state index contributed by atoms with van der Waals surface area (Å²) in [6.07, 6.45) is 0.863. The lowest BCUT2D eigenvalue weighted by Crippen LogP contribution is -2.28. The number of halogens is 4. The number of alkyl halides is 3. The summed E-state index contributed by atoms with van der Waals surface area (Å²) in [5.74, 6) is -1.48. The monoisotopic (exact) mass is 284 g/mol. The molecule has 0 spiro atoms. The van der Waals surface area contributed by atoms with Crippen LogP contribution in [0.2, 0.25) is 0 Å². The van der Waals surface area contributed by atoms with E-state index in [1.165, 1.54) is 6.07 Å². The van der Waals surface area contributed by atoms with Crippen molar-refractivity contribution < 1.29 is 30.2 Å². The fourth-order valence-corrected chi connectivity index (χ4v) is 1.54. The quantitative estimate of drug-likeness (QED) is 0.478. The first-order chi connectivity index (χ1) is 8.19. The number of hydrogen-bond donors (Lipinski definition) is 0. The maximum atomic E-state index is 12.8. The highest BCUT2D eigenvalue weighted by molar-refractivity contribution is 7.87. The third kappa shape index (κ3) is 2.23. The molecule has 0 aliphatic heterocycles. The minimum absolute atomic E-state index is 0.184. The third-order valence-electron chi connectivity index (χ3n) is 1.88. The molecule has 0 aliphatic carbocycles. The Kier molecular flexibility index (Phi) is 2.69. The smallest absolute Gasteiger partial charge is 0.354 e. The molecule has 2 rings (SSSR count). The van der Waals surface area contributed by atoms with Gasteiger partial charge >= 0.3 is 15.6 Å². The average molecular weight is 284 g/mol. The Labute approximate surface area is 97.7 Å². The number of fused-ring (bicyclic) bond motifs is 1. The van der Waals surface area contributed by atoms with Crippen LogP contribution in [-0.4, -0.2) is 23.5 Å². The Balaban J connectivity index is 2.39. The van der Waals surface area contributed by atoms with Crippen molar-refractivity contribution in [2.75, 3.05) is 0 Å². The van der Waals surface area contributed by atoms with E-state index in [4.69, 9.17) is 0 Å². The highest BCUT2D eigenvalue weighted by Gasteiger charge is 2.49. The van der Waals surface area contributed by atoms with Gasteiger partial charge in [-0.05, 0) is 12.1 Å². The van der Waals surface area contributed by atoms with Gasteiger partial charge in [-0.2, -0.15) is 21.6 Å². The van der Waals surface area contributed by atoms with Gasteiger partial charge in [0.2, 0.25) is 0 Å². The summed E-state index contributed by atoms with van der Waals surface area (Å²) >= 11 is 0. The zero-order valence-corrected chi connectivity index (χ0v) is 9.17. The van der Waals surface area contributed by atoms with E-state index in [0.717, 1.165) is 22.8 Å². The molecule has 0 N–H and O–H groups in total. The van der Waals surface area contributed by atoms with Crippen LogP contribution < -0.4 is 4.18 Å². The van der Waals surface area contributed by atoms with E-state index in [2.05, 4.69) is 9.28 Å². The number of hydrogen-bond acceptors (Lipinski definition) is 4. The Morgan fingerprint density at radius 1 is 1.28 bits per heavy atom. The van der Waals surface area contributed by atoms with Crippen molar-refractivity contribution in [3.63, 3.8) is 0 Å². The van der Waals surface area contributed by atoms with E-state index in [0.29, 0.717) is 0 Å². The molecule has 0 bridgehead atoms. The number of nitrogens with zero attached hydrogens (tertiary/aromatic N) is 2. The Hall–Kier alpha value is -1.84. The van der Waals surface area contributed by atoms with Gasteiger partial charge in [0.05, 0.1) is 11.7 Å². The predicted octanol–water partition coefficient (Wildman–Crippen LogP) is 1.70. The van der Waals surface area contributed by atoms with E-state index in [9.17, 15) is 26.0 Å². The molecule has 0 aromatic carbocycles. The summed E-state index contributed by atoms with van der Waals surface area (Å²) in [5, 5.41) is 3.35. The zero-order valence-electron chi connectivity index (χ0n) is 8.35. The zero-order chi connectivity index (χ0) is 13.6. The van der Waals surface area contributed by atoms with E-state index in [1.807, 2.05) is 0 Å². The summed E-state index contributed by atoms with van der Waals surface area (Å²) in [6.45, 7) is 0. The molecule has 2 heterocycles. The molecule has 0 fully saturated rings. The molecule has 0 radical (unpaired) electrons. The molecule has 0 unspecified atom stereocenters. The van der Waals surface area contributed by atoms with Gasteiger partial charge in [0.1, 0.15) is 5.82 Å². The second kappa shape index (κ2) is 3.83. The van der Waals surface area contributed by atoms with Gasteiger partial charge in [-0.3, -0.25) is 0 Å². The van der Waals surface area contributed by atoms with Crippen LogP contribution in [0.5, 0.6) is 5.88 Å². The van der Waals surface area contributed by atoms with E-state index in [1.54, 1.807) is 0 Å². The van der Waals surface area contributed by atoms with Crippen LogP contribution >= 0.6 is 0 Å². The predicted molar refractivity (Wildman–Crippen MR) is 50.8 cm³/mol. The molecule has 0 saturated heterocycles. The molecule has 0 amide bonds. The topological polar surface area (TPSA) is 60.7 Å². The van der Waals surface area contributed by atoms with E-state index in [-0.39, 0.29) is 5.52 Å². The van der Waals surface area contributed by atoms with Gasteiger partial charge in [0.15, 0.2) is 0 Å². The normalized spacial score (nSPS) is 12.9. The lowest BCUT2D eigenvalue weighted by molar-refractivity contribution is -0.0501. The van der Waals surface area contributed by atoms with E-state index < -0.39 is 27.3 Å². The van der Waals surface area contributed by atoms with Crippen LogP contribution in [0.1, 0.15) is 0 Å². The molecule has 5 nitrogen and oxygen atoms in total. The lowest BCUT2D eigenvalue weighted by atomic mass is 10.4. The molecule has 98 valence electrons. The van der Waals surface area contributed by atoms with Crippen LogP contribution in [0.3, 0.4) is 0 Å². The molecule has 0 atom stereocenters. The summed E-state index contributed by atoms with van der Waals surface area (Å²) in [6, 6.07) is 3.18. The Morgan fingerprint density at radius 2 is 1.94 bits per heavy atom. The van der Waals surface area contributed by atoms with Crippen molar-refractivity contribution in [1.29, 1.82) is 0 Å². The number of pyridine rings is 1. The molecule has 0 saturated carbocycles. The number of aromatic nitrogens is 2. The maximum Gasteiger partial charge on any atom is 0.534 e. The SMILES string of the molecule is O=S(=O)(Oc1cc2ccc(F)cn2n1)C(F)(F)F. The molecule has 2 aromatic rings. The summed E-state index contributed by atoms with van der Waals surface area (Å²) in [5.41, 5.74) is -5.36. The van der Waals surface area contributed by atoms with Gasteiger partial charge in [-0.25, -0.2) is 8.91 Å². The lowest BCUT2D eigenvalue weighted by Gasteiger charge is -2.06. The first kappa shape index (κ1) is 12.6. The second-order valence-electron chi connectivity index (χ2n) is 3.18. The third-order valence-corrected chi connectivity index (χ3v) is 2.84. The maximum absolute atomic E-state index is 12.8. The molecule has 2 aromatic heterocycles. The fraction of sp³-hybridized carbons (Fsp3) is 0.125. The molecular weight excluding hydrogens is 280 g/mol. The molecule has 18 heavy (non-hydrogen) atoms. The summed E-state index contributed by atoms with van der Waals surface area (Å²) < 4.78 is 74.9. The van der Waals surface area contributed by atoms with E-state index >= 15 is 0 Å². The first-order valence-corrected chi connectivity index (χ1v) is 5.75. The highest BCUT2D eigenvalue weighted by atomic mass is 32.2. The first-order valence-electron chi connectivity index (χ1n) is 4.35. The van der Waals surface area contributed by atoms with Crippen LogP contribution in [0.25, 0.3) is 5.52 Å². The van der Waals surface area contributed by atoms with Gasteiger partial charge in [-0.1, -0.05) is 0 Å². The van der Waals surface area contributed by atoms with Gasteiger partial charge in [-0.15, -0.1) is 5.10 Å². The van der Waals surface area contributed by atoms with Crippen molar-refractivity contribution in [2.45, 2.75) is 5.51 Å². The van der Waals surface area contributed by atoms with Crippen molar-refractivity contribution in [2.24, 2.45) is 0 Å². The highest BCUT2D eigenvalue weighted by Crippen LogP contribution is 2.26. The molecular formula is C8H4F4N2O3S. The van der Waals surface area contributed by atoms with Gasteiger partial charge in [0.25, 0.3) is 5.88 Å². The minimum Gasteiger partial charge on any atom is -0.354 e. The van der Waals surface area contributed by atoms with Crippen LogP contribution in [-0.2, 0) is 10.1 Å². The average Bonchev–Trinajstić information content (AvgIpc) is 2.56. The van der Waals surface area contributed by atoms with Crippen molar-refractivity contribution in [3.05, 3.63) is 30.2 Å². The van der Waals surface area contributed by atoms with Crippen LogP contribution in [0.4, 0.5) is 17.6 Å². The largest absolute Gasteiger partial charge is 0.534 e. The van der Waals surface area contributed by atoms with Crippen molar-refractivity contribution in [1.82, 2.24) is 9.61 Å². The Bertz CT molecular complexity index is 692. The van der Waals surface area contributed by atoms with Crippen LogP contribution in [0.15, 0.2) is 24.4 Å².